The highest BCUT2D eigenvalue weighted by Crippen LogP contribution is 2.43. The van der Waals surface area contributed by atoms with E-state index in [2.05, 4.69) is 21.7 Å². The van der Waals surface area contributed by atoms with Gasteiger partial charge in [-0.15, -0.1) is 0 Å². The number of rotatable bonds is 7. The van der Waals surface area contributed by atoms with Crippen molar-refractivity contribution in [3.05, 3.63) is 77.1 Å². The molecule has 0 radical (unpaired) electrons. The molecule has 2 aliphatic rings. The summed E-state index contributed by atoms with van der Waals surface area (Å²) in [6.45, 7) is 0. The van der Waals surface area contributed by atoms with Crippen molar-refractivity contribution in [1.29, 1.82) is 5.26 Å². The van der Waals surface area contributed by atoms with Crippen LogP contribution in [0.25, 0.3) is 10.2 Å². The first-order valence-corrected chi connectivity index (χ1v) is 13.0. The number of nitriles is 1. The number of hydrogen-bond acceptors (Lipinski definition) is 7. The van der Waals surface area contributed by atoms with Crippen LogP contribution in [0.2, 0.25) is 0 Å². The number of benzene rings is 3. The minimum atomic E-state index is -0.631. The van der Waals surface area contributed by atoms with Crippen LogP contribution in [0.4, 0.5) is 15.2 Å². The van der Waals surface area contributed by atoms with Crippen molar-refractivity contribution in [1.82, 2.24) is 4.98 Å². The van der Waals surface area contributed by atoms with Crippen LogP contribution < -0.4 is 21.1 Å². The quantitative estimate of drug-likeness (QED) is 0.285. The second-order valence-electron chi connectivity index (χ2n) is 9.62. The normalized spacial score (nSPS) is 15.5. The van der Waals surface area contributed by atoms with Crippen LogP contribution in [0, 0.1) is 23.1 Å². The third kappa shape index (κ3) is 4.69. The minimum Gasteiger partial charge on any atom is -0.456 e. The predicted molar refractivity (Wildman–Crippen MR) is 142 cm³/mol. The number of thiazole rings is 1. The monoisotopic (exact) mass is 527 g/mol. The van der Waals surface area contributed by atoms with Crippen molar-refractivity contribution < 1.29 is 18.7 Å². The van der Waals surface area contributed by atoms with Gasteiger partial charge >= 0.3 is 0 Å². The molecule has 190 valence electrons. The van der Waals surface area contributed by atoms with E-state index in [1.54, 1.807) is 30.3 Å². The van der Waals surface area contributed by atoms with Gasteiger partial charge < -0.3 is 21.1 Å². The van der Waals surface area contributed by atoms with Crippen LogP contribution in [0.15, 0.2) is 54.6 Å². The molecule has 0 saturated heterocycles. The van der Waals surface area contributed by atoms with Crippen molar-refractivity contribution in [2.75, 3.05) is 10.6 Å². The molecular formula is C28H22FN5O3S. The molecule has 0 unspecified atom stereocenters. The van der Waals surface area contributed by atoms with Crippen LogP contribution in [0.1, 0.15) is 47.2 Å². The van der Waals surface area contributed by atoms with Crippen molar-refractivity contribution >= 4 is 44.2 Å². The van der Waals surface area contributed by atoms with E-state index in [1.807, 2.05) is 6.07 Å². The Morgan fingerprint density at radius 1 is 1.13 bits per heavy atom. The lowest BCUT2D eigenvalue weighted by Gasteiger charge is -2.13. The molecule has 8 nitrogen and oxygen atoms in total. The molecule has 2 saturated carbocycles. The largest absolute Gasteiger partial charge is 0.456 e. The summed E-state index contributed by atoms with van der Waals surface area (Å²) < 4.78 is 21.1. The smallest absolute Gasteiger partial charge is 0.255 e. The molecule has 1 heterocycles. The summed E-state index contributed by atoms with van der Waals surface area (Å²) in [5, 5.41) is 15.7. The fourth-order valence-corrected chi connectivity index (χ4v) is 5.11. The highest BCUT2D eigenvalue weighted by atomic mass is 32.1. The second kappa shape index (κ2) is 9.20. The third-order valence-corrected chi connectivity index (χ3v) is 7.72. The highest BCUT2D eigenvalue weighted by Gasteiger charge is 2.40. The molecule has 0 spiro atoms. The minimum absolute atomic E-state index is 0.0314. The molecule has 38 heavy (non-hydrogen) atoms. The number of nitrogens with zero attached hydrogens (tertiary/aromatic N) is 2. The number of aromatic nitrogens is 1. The van der Waals surface area contributed by atoms with Crippen molar-refractivity contribution in [3.8, 4) is 17.6 Å². The summed E-state index contributed by atoms with van der Waals surface area (Å²) in [6, 6.07) is 16.4. The first-order chi connectivity index (χ1) is 18.3. The van der Waals surface area contributed by atoms with E-state index in [1.165, 1.54) is 29.5 Å². The van der Waals surface area contributed by atoms with Crippen molar-refractivity contribution in [2.45, 2.75) is 31.2 Å². The summed E-state index contributed by atoms with van der Waals surface area (Å²) in [7, 11) is 0. The fourth-order valence-electron chi connectivity index (χ4n) is 4.15. The molecule has 0 bridgehead atoms. The number of carbonyl (C=O) groups is 2. The number of carbonyl (C=O) groups excluding carboxylic acids is 2. The summed E-state index contributed by atoms with van der Waals surface area (Å²) in [5.74, 6) is -0.661. The number of fused-ring (bicyclic) bond motifs is 1. The molecule has 2 fully saturated rings. The maximum Gasteiger partial charge on any atom is 0.255 e. The second-order valence-corrected chi connectivity index (χ2v) is 10.6. The Balaban J connectivity index is 1.23. The lowest BCUT2D eigenvalue weighted by molar-refractivity contribution is -0.117. The van der Waals surface area contributed by atoms with Crippen LogP contribution in [-0.2, 0) is 10.3 Å². The standard InChI is InChI=1S/C28H22FN5O3S/c29-20-7-6-18(13-22(20)32-26(36)16-2-1-3-17(12-16)28(31)10-11-28)37-23-9-8-21-24(19(23)14-30)38-27(33-21)34-25(35)15-4-5-15/h1-3,6-9,12-13,15H,4-5,10-11,31H2,(H,32,36)(H,33,34,35). The predicted octanol–water partition coefficient (Wildman–Crippen LogP) is 5.65. The van der Waals surface area contributed by atoms with Gasteiger partial charge in [0.05, 0.1) is 15.9 Å². The van der Waals surface area contributed by atoms with Gasteiger partial charge in [-0.1, -0.05) is 23.5 Å². The number of nitrogens with one attached hydrogen (secondary N) is 2. The SMILES string of the molecule is N#Cc1c(Oc2ccc(F)c(NC(=O)c3cccc(C4(N)CC4)c3)c2)ccc2nc(NC(=O)C3CC3)sc12. The van der Waals surface area contributed by atoms with Crippen LogP contribution >= 0.6 is 11.3 Å². The zero-order chi connectivity index (χ0) is 26.4. The Hall–Kier alpha value is -4.33. The molecule has 0 atom stereocenters. The molecular weight excluding hydrogens is 505 g/mol. The first-order valence-electron chi connectivity index (χ1n) is 12.2. The topological polar surface area (TPSA) is 130 Å². The van der Waals surface area contributed by atoms with E-state index < -0.39 is 17.3 Å². The van der Waals surface area contributed by atoms with Crippen molar-refractivity contribution in [3.63, 3.8) is 0 Å². The van der Waals surface area contributed by atoms with Gasteiger partial charge in [-0.3, -0.25) is 9.59 Å². The summed E-state index contributed by atoms with van der Waals surface area (Å²) in [5.41, 5.74) is 7.85. The number of amides is 2. The van der Waals surface area contributed by atoms with Gasteiger partial charge in [-0.25, -0.2) is 9.37 Å². The van der Waals surface area contributed by atoms with Gasteiger partial charge in [0.2, 0.25) is 5.91 Å². The van der Waals surface area contributed by atoms with E-state index in [9.17, 15) is 19.2 Å². The average molecular weight is 528 g/mol. The van der Waals surface area contributed by atoms with Gasteiger partial charge in [0.25, 0.3) is 5.91 Å². The molecule has 1 aromatic heterocycles. The van der Waals surface area contributed by atoms with Crippen LogP contribution in [-0.4, -0.2) is 16.8 Å². The molecule has 3 aromatic carbocycles. The van der Waals surface area contributed by atoms with E-state index >= 15 is 0 Å². The number of nitrogens with two attached hydrogens (primary N) is 1. The lowest BCUT2D eigenvalue weighted by atomic mass is 10.0. The number of anilines is 2. The Bertz CT molecular complexity index is 1650. The zero-order valence-electron chi connectivity index (χ0n) is 20.1. The molecule has 4 aromatic rings. The fraction of sp³-hybridized carbons (Fsp3) is 0.214. The van der Waals surface area contributed by atoms with E-state index in [0.717, 1.165) is 31.2 Å². The summed E-state index contributed by atoms with van der Waals surface area (Å²) >= 11 is 1.19. The Morgan fingerprint density at radius 3 is 2.68 bits per heavy atom. The van der Waals surface area contributed by atoms with Gasteiger partial charge in [0.15, 0.2) is 5.13 Å². The Morgan fingerprint density at radius 2 is 1.95 bits per heavy atom. The van der Waals surface area contributed by atoms with E-state index in [0.29, 0.717) is 20.9 Å². The van der Waals surface area contributed by atoms with E-state index in [4.69, 9.17) is 10.5 Å². The Labute approximate surface area is 221 Å². The molecule has 10 heteroatoms. The molecule has 0 aliphatic heterocycles. The molecule has 6 rings (SSSR count). The van der Waals surface area contributed by atoms with Gasteiger partial charge in [-0.2, -0.15) is 5.26 Å². The summed E-state index contributed by atoms with van der Waals surface area (Å²) in [4.78, 5) is 29.4. The Kier molecular flexibility index (Phi) is 5.82. The summed E-state index contributed by atoms with van der Waals surface area (Å²) in [6.07, 6.45) is 3.47. The molecule has 2 amide bonds. The molecule has 4 N–H and O–H groups in total. The van der Waals surface area contributed by atoms with Crippen LogP contribution in [0.3, 0.4) is 0 Å². The zero-order valence-corrected chi connectivity index (χ0v) is 20.9. The number of ether oxygens (including phenoxy) is 1. The van der Waals surface area contributed by atoms with Gasteiger partial charge in [-0.05, 0) is 67.6 Å². The van der Waals surface area contributed by atoms with Gasteiger partial charge in [0, 0.05) is 23.1 Å². The van der Waals surface area contributed by atoms with Crippen molar-refractivity contribution in [2.24, 2.45) is 11.7 Å². The number of halogens is 1. The number of hydrogen-bond donors (Lipinski definition) is 3. The lowest BCUT2D eigenvalue weighted by Crippen LogP contribution is -2.20. The maximum absolute atomic E-state index is 14.6. The maximum atomic E-state index is 14.6. The van der Waals surface area contributed by atoms with Crippen LogP contribution in [0.5, 0.6) is 11.5 Å². The highest BCUT2D eigenvalue weighted by molar-refractivity contribution is 7.22. The molecule has 2 aliphatic carbocycles. The van der Waals surface area contributed by atoms with E-state index in [-0.39, 0.29) is 34.6 Å². The average Bonchev–Trinajstić information content (AvgIpc) is 3.84. The first kappa shape index (κ1) is 24.0. The van der Waals surface area contributed by atoms with Gasteiger partial charge in [0.1, 0.15) is 28.9 Å². The third-order valence-electron chi connectivity index (χ3n) is 6.71.